The zero-order chi connectivity index (χ0) is 21.3. The molecule has 0 fully saturated rings. The van der Waals surface area contributed by atoms with Gasteiger partial charge in [0, 0.05) is 16.6 Å². The Kier molecular flexibility index (Phi) is 5.65. The van der Waals surface area contributed by atoms with Gasteiger partial charge in [0.1, 0.15) is 22.2 Å². The van der Waals surface area contributed by atoms with Crippen molar-refractivity contribution in [2.24, 2.45) is 0 Å². The first kappa shape index (κ1) is 20.2. The number of anilines is 1. The fourth-order valence-electron chi connectivity index (χ4n) is 3.40. The van der Waals surface area contributed by atoms with Crippen molar-refractivity contribution < 1.29 is 13.6 Å². The molecule has 0 spiro atoms. The maximum absolute atomic E-state index is 13.8. The van der Waals surface area contributed by atoms with Crippen LogP contribution in [0.15, 0.2) is 42.4 Å². The number of aryl methyl sites for hydroxylation is 1. The van der Waals surface area contributed by atoms with E-state index in [0.29, 0.717) is 5.69 Å². The third-order valence-corrected chi connectivity index (χ3v) is 5.82. The summed E-state index contributed by atoms with van der Waals surface area (Å²) in [6.45, 7) is 4.91. The number of halogens is 2. The maximum atomic E-state index is 13.8. The fraction of sp³-hybridized carbons (Fsp3) is 0.238. The Hall–Kier alpha value is -3.04. The highest BCUT2D eigenvalue weighted by atomic mass is 32.1. The molecule has 1 aliphatic heterocycles. The minimum Gasteiger partial charge on any atom is -0.305 e. The summed E-state index contributed by atoms with van der Waals surface area (Å²) in [4.78, 5) is 26.5. The van der Waals surface area contributed by atoms with Crippen molar-refractivity contribution >= 4 is 28.6 Å². The second-order valence-electron chi connectivity index (χ2n) is 6.98. The van der Waals surface area contributed by atoms with Crippen LogP contribution in [0.1, 0.15) is 45.3 Å². The van der Waals surface area contributed by atoms with Crippen LogP contribution in [-0.2, 0) is 0 Å². The molecule has 2 N–H and O–H groups in total. The highest BCUT2D eigenvalue weighted by Crippen LogP contribution is 2.37. The summed E-state index contributed by atoms with van der Waals surface area (Å²) < 4.78 is 27.6. The lowest BCUT2D eigenvalue weighted by molar-refractivity contribution is 0.101. The molecule has 1 unspecified atom stereocenters. The van der Waals surface area contributed by atoms with Gasteiger partial charge in [-0.25, -0.2) is 18.7 Å². The number of nitrogens with one attached hydrogen (secondary N) is 2. The van der Waals surface area contributed by atoms with Crippen molar-refractivity contribution in [2.45, 2.75) is 26.3 Å². The summed E-state index contributed by atoms with van der Waals surface area (Å²) in [5.74, 6) is -2.69. The van der Waals surface area contributed by atoms with E-state index in [2.05, 4.69) is 32.5 Å². The molecule has 0 saturated carbocycles. The number of carbonyl (C=O) groups excluding carboxylic acids is 1. The Morgan fingerprint density at radius 1 is 1.13 bits per heavy atom. The minimum absolute atomic E-state index is 0.0836. The lowest BCUT2D eigenvalue weighted by atomic mass is 9.93. The molecule has 1 atom stereocenters. The van der Waals surface area contributed by atoms with Crippen molar-refractivity contribution in [3.63, 3.8) is 0 Å². The van der Waals surface area contributed by atoms with E-state index in [1.807, 2.05) is 13.1 Å². The lowest BCUT2D eigenvalue weighted by Crippen LogP contribution is -2.29. The maximum Gasteiger partial charge on any atom is 0.262 e. The molecule has 6 nitrogen and oxygen atoms in total. The topological polar surface area (TPSA) is 79.8 Å². The standard InChI is InChI=1S/C21H19F2N5OS/c1-11-6-7-24-19(21-27-8-12(2)30-21)17(11)15-9-26-16(10-25-15)28-20(29)18-13(22)4-3-5-14(18)23/h3-5,8-10,19,24H,6-7H2,1-2H3,(H,26,28,29). The third-order valence-electron chi connectivity index (χ3n) is 4.84. The van der Waals surface area contributed by atoms with Crippen LogP contribution < -0.4 is 10.6 Å². The summed E-state index contributed by atoms with van der Waals surface area (Å²) in [5, 5.41) is 6.83. The van der Waals surface area contributed by atoms with E-state index in [-0.39, 0.29) is 11.9 Å². The number of amides is 1. The van der Waals surface area contributed by atoms with Gasteiger partial charge in [0.25, 0.3) is 5.91 Å². The summed E-state index contributed by atoms with van der Waals surface area (Å²) in [7, 11) is 0. The number of aromatic nitrogens is 3. The highest BCUT2D eigenvalue weighted by Gasteiger charge is 2.27. The molecule has 1 amide bonds. The predicted octanol–water partition coefficient (Wildman–Crippen LogP) is 4.28. The first-order valence-corrected chi connectivity index (χ1v) is 10.2. The predicted molar refractivity (Wildman–Crippen MR) is 111 cm³/mol. The molecule has 30 heavy (non-hydrogen) atoms. The van der Waals surface area contributed by atoms with Crippen LogP contribution in [0.5, 0.6) is 0 Å². The lowest BCUT2D eigenvalue weighted by Gasteiger charge is -2.27. The summed E-state index contributed by atoms with van der Waals surface area (Å²) in [5.41, 5.74) is 2.19. The van der Waals surface area contributed by atoms with Crippen LogP contribution in [0.4, 0.5) is 14.6 Å². The fourth-order valence-corrected chi connectivity index (χ4v) is 4.26. The van der Waals surface area contributed by atoms with Crippen LogP contribution in [0.25, 0.3) is 5.57 Å². The second-order valence-corrected chi connectivity index (χ2v) is 8.24. The summed E-state index contributed by atoms with van der Waals surface area (Å²) >= 11 is 1.62. The third kappa shape index (κ3) is 3.99. The molecule has 0 aliphatic carbocycles. The Bertz CT molecular complexity index is 1110. The number of benzene rings is 1. The molecule has 3 heterocycles. The molecular weight excluding hydrogens is 408 g/mol. The van der Waals surface area contributed by atoms with Gasteiger partial charge in [-0.1, -0.05) is 11.6 Å². The largest absolute Gasteiger partial charge is 0.305 e. The van der Waals surface area contributed by atoms with Crippen molar-refractivity contribution in [2.75, 3.05) is 11.9 Å². The van der Waals surface area contributed by atoms with E-state index in [0.717, 1.165) is 40.6 Å². The van der Waals surface area contributed by atoms with Gasteiger partial charge in [0.15, 0.2) is 5.82 Å². The van der Waals surface area contributed by atoms with Crippen LogP contribution in [0.3, 0.4) is 0 Å². The Morgan fingerprint density at radius 3 is 2.53 bits per heavy atom. The molecule has 2 aromatic heterocycles. The van der Waals surface area contributed by atoms with Gasteiger partial charge in [-0.05, 0) is 38.9 Å². The molecule has 3 aromatic rings. The second kappa shape index (κ2) is 8.37. The number of hydrogen-bond donors (Lipinski definition) is 2. The van der Waals surface area contributed by atoms with Gasteiger partial charge in [-0.15, -0.1) is 11.3 Å². The molecule has 1 aromatic carbocycles. The number of nitrogens with zero attached hydrogens (tertiary/aromatic N) is 3. The number of hydrogen-bond acceptors (Lipinski definition) is 6. The Morgan fingerprint density at radius 2 is 1.90 bits per heavy atom. The minimum atomic E-state index is -0.937. The highest BCUT2D eigenvalue weighted by molar-refractivity contribution is 7.11. The SMILES string of the molecule is CC1=C(c2cnc(NC(=O)c3c(F)cccc3F)cn2)C(c2ncc(C)s2)NCC1. The van der Waals surface area contributed by atoms with E-state index in [1.165, 1.54) is 17.8 Å². The molecule has 4 rings (SSSR count). The monoisotopic (exact) mass is 427 g/mol. The zero-order valence-electron chi connectivity index (χ0n) is 16.4. The van der Waals surface area contributed by atoms with Gasteiger partial charge in [-0.3, -0.25) is 9.78 Å². The van der Waals surface area contributed by atoms with E-state index in [4.69, 9.17) is 0 Å². The van der Waals surface area contributed by atoms with Gasteiger partial charge in [-0.2, -0.15) is 0 Å². The molecule has 1 aliphatic rings. The van der Waals surface area contributed by atoms with E-state index in [1.54, 1.807) is 17.5 Å². The van der Waals surface area contributed by atoms with Crippen molar-refractivity contribution in [1.82, 2.24) is 20.3 Å². The van der Waals surface area contributed by atoms with Gasteiger partial charge < -0.3 is 10.6 Å². The average Bonchev–Trinajstić information content (AvgIpc) is 3.15. The van der Waals surface area contributed by atoms with Crippen LogP contribution >= 0.6 is 11.3 Å². The molecule has 9 heteroatoms. The molecule has 0 radical (unpaired) electrons. The number of rotatable bonds is 4. The van der Waals surface area contributed by atoms with Crippen LogP contribution in [0, 0.1) is 18.6 Å². The summed E-state index contributed by atoms with van der Waals surface area (Å²) in [6, 6.07) is 3.17. The Balaban J connectivity index is 1.59. The molecule has 0 saturated heterocycles. The van der Waals surface area contributed by atoms with E-state index >= 15 is 0 Å². The molecular formula is C21H19F2N5OS. The van der Waals surface area contributed by atoms with Gasteiger partial charge >= 0.3 is 0 Å². The quantitative estimate of drug-likeness (QED) is 0.650. The van der Waals surface area contributed by atoms with E-state index in [9.17, 15) is 13.6 Å². The molecule has 154 valence electrons. The normalized spacial score (nSPS) is 16.6. The van der Waals surface area contributed by atoms with Crippen molar-refractivity contribution in [3.05, 3.63) is 75.1 Å². The van der Waals surface area contributed by atoms with Crippen LogP contribution in [-0.4, -0.2) is 27.4 Å². The molecule has 0 bridgehead atoms. The van der Waals surface area contributed by atoms with Crippen LogP contribution in [0.2, 0.25) is 0 Å². The van der Waals surface area contributed by atoms with Crippen molar-refractivity contribution in [1.29, 1.82) is 0 Å². The van der Waals surface area contributed by atoms with Gasteiger partial charge in [0.2, 0.25) is 0 Å². The summed E-state index contributed by atoms with van der Waals surface area (Å²) in [6.07, 6.45) is 5.65. The number of carbonyl (C=O) groups is 1. The smallest absolute Gasteiger partial charge is 0.262 e. The van der Waals surface area contributed by atoms with E-state index < -0.39 is 23.1 Å². The first-order chi connectivity index (χ1) is 14.4. The first-order valence-electron chi connectivity index (χ1n) is 9.37. The zero-order valence-corrected chi connectivity index (χ0v) is 17.2. The van der Waals surface area contributed by atoms with Crippen molar-refractivity contribution in [3.8, 4) is 0 Å². The number of thiazole rings is 1. The average molecular weight is 427 g/mol. The Labute approximate surface area is 176 Å². The van der Waals surface area contributed by atoms with Gasteiger partial charge in [0.05, 0.1) is 24.1 Å².